The van der Waals surface area contributed by atoms with Crippen molar-refractivity contribution in [3.63, 3.8) is 0 Å². The standard InChI is InChI=1S/C19H24N4S/c1-12-13(2)24-19-17(12)18(21-14(3)22-19)20-11-16(23(4)5)15-9-7-6-8-10-15/h6-10,16H,11H2,1-5H3,(H,20,21,22)/t16-/m0/s1. The summed E-state index contributed by atoms with van der Waals surface area (Å²) in [5, 5.41) is 4.74. The van der Waals surface area contributed by atoms with Crippen molar-refractivity contribution in [1.82, 2.24) is 14.9 Å². The number of hydrogen-bond donors (Lipinski definition) is 1. The maximum Gasteiger partial charge on any atom is 0.138 e. The van der Waals surface area contributed by atoms with Crippen LogP contribution in [0, 0.1) is 20.8 Å². The van der Waals surface area contributed by atoms with E-state index in [9.17, 15) is 0 Å². The third-order valence-corrected chi connectivity index (χ3v) is 5.51. The van der Waals surface area contributed by atoms with Gasteiger partial charge in [-0.1, -0.05) is 30.3 Å². The van der Waals surface area contributed by atoms with Crippen LogP contribution in [0.5, 0.6) is 0 Å². The van der Waals surface area contributed by atoms with E-state index >= 15 is 0 Å². The fourth-order valence-corrected chi connectivity index (χ4v) is 4.03. The Labute approximate surface area is 147 Å². The normalized spacial score (nSPS) is 12.8. The van der Waals surface area contributed by atoms with Gasteiger partial charge in [0, 0.05) is 11.4 Å². The Kier molecular flexibility index (Phi) is 4.83. The van der Waals surface area contributed by atoms with E-state index in [1.807, 2.05) is 6.92 Å². The lowest BCUT2D eigenvalue weighted by Gasteiger charge is -2.25. The third kappa shape index (κ3) is 3.28. The van der Waals surface area contributed by atoms with Crippen LogP contribution in [-0.4, -0.2) is 35.5 Å². The van der Waals surface area contributed by atoms with E-state index in [1.165, 1.54) is 16.0 Å². The molecule has 1 atom stereocenters. The monoisotopic (exact) mass is 340 g/mol. The molecule has 1 aromatic carbocycles. The predicted octanol–water partition coefficient (Wildman–Crippen LogP) is 4.33. The number of hydrogen-bond acceptors (Lipinski definition) is 5. The van der Waals surface area contributed by atoms with Gasteiger partial charge in [-0.15, -0.1) is 11.3 Å². The molecule has 5 heteroatoms. The number of aryl methyl sites for hydroxylation is 3. The molecule has 0 unspecified atom stereocenters. The van der Waals surface area contributed by atoms with Gasteiger partial charge >= 0.3 is 0 Å². The van der Waals surface area contributed by atoms with E-state index < -0.39 is 0 Å². The molecule has 0 aliphatic heterocycles. The summed E-state index contributed by atoms with van der Waals surface area (Å²) in [6, 6.07) is 10.9. The first-order valence-electron chi connectivity index (χ1n) is 8.17. The number of thiophene rings is 1. The molecule has 0 aliphatic carbocycles. The summed E-state index contributed by atoms with van der Waals surface area (Å²) in [6.45, 7) is 7.05. The van der Waals surface area contributed by atoms with Crippen LogP contribution >= 0.6 is 11.3 Å². The average Bonchev–Trinajstić information content (AvgIpc) is 2.82. The van der Waals surface area contributed by atoms with Gasteiger partial charge in [-0.3, -0.25) is 0 Å². The van der Waals surface area contributed by atoms with Crippen LogP contribution in [0.3, 0.4) is 0 Å². The van der Waals surface area contributed by atoms with Crippen molar-refractivity contribution in [3.8, 4) is 0 Å². The largest absolute Gasteiger partial charge is 0.367 e. The number of likely N-dealkylation sites (N-methyl/N-ethyl adjacent to an activating group) is 1. The summed E-state index contributed by atoms with van der Waals surface area (Å²) in [5.74, 6) is 1.76. The van der Waals surface area contributed by atoms with Crippen LogP contribution < -0.4 is 5.32 Å². The molecular weight excluding hydrogens is 316 g/mol. The average molecular weight is 340 g/mol. The molecule has 0 radical (unpaired) electrons. The highest BCUT2D eigenvalue weighted by atomic mass is 32.1. The highest BCUT2D eigenvalue weighted by Crippen LogP contribution is 2.33. The molecule has 3 aromatic rings. The number of nitrogens with one attached hydrogen (secondary N) is 1. The quantitative estimate of drug-likeness (QED) is 0.750. The molecule has 0 bridgehead atoms. The molecule has 0 saturated heterocycles. The number of aromatic nitrogens is 2. The molecule has 24 heavy (non-hydrogen) atoms. The smallest absolute Gasteiger partial charge is 0.138 e. The number of benzene rings is 1. The summed E-state index contributed by atoms with van der Waals surface area (Å²) in [4.78, 5) is 13.9. The number of anilines is 1. The molecular formula is C19H24N4S. The topological polar surface area (TPSA) is 41.1 Å². The molecule has 0 saturated carbocycles. The first-order chi connectivity index (χ1) is 11.5. The Bertz CT molecular complexity index is 839. The van der Waals surface area contributed by atoms with Crippen molar-refractivity contribution < 1.29 is 0 Å². The molecule has 126 valence electrons. The minimum atomic E-state index is 0.288. The van der Waals surface area contributed by atoms with Gasteiger partial charge in [-0.05, 0) is 46.0 Å². The maximum atomic E-state index is 4.67. The molecule has 4 nitrogen and oxygen atoms in total. The van der Waals surface area contributed by atoms with Crippen LogP contribution in [0.4, 0.5) is 5.82 Å². The van der Waals surface area contributed by atoms with Crippen LogP contribution in [0.1, 0.15) is 27.9 Å². The summed E-state index contributed by atoms with van der Waals surface area (Å²) < 4.78 is 0. The van der Waals surface area contributed by atoms with E-state index in [0.717, 1.165) is 28.4 Å². The van der Waals surface area contributed by atoms with Crippen molar-refractivity contribution >= 4 is 27.4 Å². The Morgan fingerprint density at radius 3 is 2.46 bits per heavy atom. The lowest BCUT2D eigenvalue weighted by atomic mass is 10.1. The molecule has 0 fully saturated rings. The zero-order valence-electron chi connectivity index (χ0n) is 14.9. The van der Waals surface area contributed by atoms with Crippen molar-refractivity contribution in [2.75, 3.05) is 26.0 Å². The summed E-state index contributed by atoms with van der Waals surface area (Å²) in [7, 11) is 4.22. The maximum absolute atomic E-state index is 4.67. The zero-order chi connectivity index (χ0) is 17.3. The van der Waals surface area contributed by atoms with Crippen molar-refractivity contribution in [1.29, 1.82) is 0 Å². The Hall–Kier alpha value is -1.98. The molecule has 1 N–H and O–H groups in total. The van der Waals surface area contributed by atoms with Crippen LogP contribution in [0.2, 0.25) is 0 Å². The van der Waals surface area contributed by atoms with E-state index in [1.54, 1.807) is 11.3 Å². The fraction of sp³-hybridized carbons (Fsp3) is 0.368. The molecule has 0 spiro atoms. The van der Waals surface area contributed by atoms with Crippen molar-refractivity contribution in [2.45, 2.75) is 26.8 Å². The lowest BCUT2D eigenvalue weighted by molar-refractivity contribution is 0.311. The number of fused-ring (bicyclic) bond motifs is 1. The van der Waals surface area contributed by atoms with Gasteiger partial charge in [0.15, 0.2) is 0 Å². The van der Waals surface area contributed by atoms with E-state index in [-0.39, 0.29) is 6.04 Å². The third-order valence-electron chi connectivity index (χ3n) is 4.41. The summed E-state index contributed by atoms with van der Waals surface area (Å²) in [5.41, 5.74) is 2.58. The number of rotatable bonds is 5. The lowest BCUT2D eigenvalue weighted by Crippen LogP contribution is -2.27. The van der Waals surface area contributed by atoms with Gasteiger partial charge in [0.25, 0.3) is 0 Å². The van der Waals surface area contributed by atoms with Gasteiger partial charge in [-0.25, -0.2) is 9.97 Å². The highest BCUT2D eigenvalue weighted by molar-refractivity contribution is 7.18. The molecule has 3 rings (SSSR count). The molecule has 2 aromatic heterocycles. The van der Waals surface area contributed by atoms with Gasteiger partial charge in [-0.2, -0.15) is 0 Å². The number of nitrogens with zero attached hydrogens (tertiary/aromatic N) is 3. The SMILES string of the molecule is Cc1nc(NC[C@@H](c2ccccc2)N(C)C)c2c(C)c(C)sc2n1. The van der Waals surface area contributed by atoms with Crippen molar-refractivity contribution in [3.05, 3.63) is 52.2 Å². The van der Waals surface area contributed by atoms with Gasteiger partial charge in [0.05, 0.1) is 11.4 Å². The second-order valence-electron chi connectivity index (χ2n) is 6.35. The summed E-state index contributed by atoms with van der Waals surface area (Å²) >= 11 is 1.74. The Balaban J connectivity index is 1.92. The van der Waals surface area contributed by atoms with E-state index in [4.69, 9.17) is 0 Å². The Morgan fingerprint density at radius 2 is 1.79 bits per heavy atom. The first-order valence-corrected chi connectivity index (χ1v) is 8.98. The van der Waals surface area contributed by atoms with E-state index in [0.29, 0.717) is 0 Å². The van der Waals surface area contributed by atoms with Gasteiger partial charge in [0.2, 0.25) is 0 Å². The minimum Gasteiger partial charge on any atom is -0.367 e. The van der Waals surface area contributed by atoms with Crippen LogP contribution in [0.25, 0.3) is 10.2 Å². The van der Waals surface area contributed by atoms with Gasteiger partial charge in [0.1, 0.15) is 16.5 Å². The molecule has 0 aliphatic rings. The minimum absolute atomic E-state index is 0.288. The van der Waals surface area contributed by atoms with Crippen molar-refractivity contribution in [2.24, 2.45) is 0 Å². The van der Waals surface area contributed by atoms with Crippen LogP contribution in [0.15, 0.2) is 30.3 Å². The zero-order valence-corrected chi connectivity index (χ0v) is 15.7. The van der Waals surface area contributed by atoms with Gasteiger partial charge < -0.3 is 10.2 Å². The predicted molar refractivity (Wildman–Crippen MR) is 103 cm³/mol. The fourth-order valence-electron chi connectivity index (χ4n) is 2.95. The highest BCUT2D eigenvalue weighted by Gasteiger charge is 2.17. The molecule has 2 heterocycles. The van der Waals surface area contributed by atoms with Crippen LogP contribution in [-0.2, 0) is 0 Å². The first kappa shape index (κ1) is 16.9. The second kappa shape index (κ2) is 6.87. The molecule has 0 amide bonds. The Morgan fingerprint density at radius 1 is 1.08 bits per heavy atom. The van der Waals surface area contributed by atoms with E-state index in [2.05, 4.69) is 78.5 Å². The second-order valence-corrected chi connectivity index (χ2v) is 7.56. The summed E-state index contributed by atoms with van der Waals surface area (Å²) in [6.07, 6.45) is 0.